The van der Waals surface area contributed by atoms with Gasteiger partial charge in [0.15, 0.2) is 6.04 Å². The van der Waals surface area contributed by atoms with E-state index in [2.05, 4.69) is 10.1 Å². The van der Waals surface area contributed by atoms with Crippen LogP contribution in [-0.2, 0) is 14.3 Å². The molecule has 6 heteroatoms. The summed E-state index contributed by atoms with van der Waals surface area (Å²) in [6.45, 7) is 3.41. The van der Waals surface area contributed by atoms with Crippen molar-refractivity contribution in [3.8, 4) is 0 Å². The molecule has 1 aliphatic heterocycles. The first-order chi connectivity index (χ1) is 7.20. The van der Waals surface area contributed by atoms with Gasteiger partial charge in [0.05, 0.1) is 20.3 Å². The summed E-state index contributed by atoms with van der Waals surface area (Å²) in [5.41, 5.74) is 0. The van der Waals surface area contributed by atoms with E-state index in [1.165, 1.54) is 12.0 Å². The number of hydrogen-bond acceptors (Lipinski definition) is 4. The van der Waals surface area contributed by atoms with Crippen LogP contribution in [0.1, 0.15) is 6.92 Å². The lowest BCUT2D eigenvalue weighted by Crippen LogP contribution is -2.55. The van der Waals surface area contributed by atoms with Crippen LogP contribution in [0, 0.1) is 0 Å². The lowest BCUT2D eigenvalue weighted by Gasteiger charge is -2.33. The van der Waals surface area contributed by atoms with Gasteiger partial charge in [0.1, 0.15) is 0 Å². The van der Waals surface area contributed by atoms with Crippen LogP contribution in [0.15, 0.2) is 0 Å². The molecule has 0 spiro atoms. The summed E-state index contributed by atoms with van der Waals surface area (Å²) < 4.78 is 9.75. The molecule has 15 heavy (non-hydrogen) atoms. The zero-order valence-electron chi connectivity index (χ0n) is 8.99. The SMILES string of the molecule is CCNC(=O)N1CCOCC1C(=O)OC. The summed E-state index contributed by atoms with van der Waals surface area (Å²) in [6, 6.07) is -0.883. The first-order valence-electron chi connectivity index (χ1n) is 4.90. The van der Waals surface area contributed by atoms with Gasteiger partial charge in [-0.2, -0.15) is 0 Å². The number of nitrogens with zero attached hydrogens (tertiary/aromatic N) is 1. The molecule has 2 amide bonds. The molecule has 1 rings (SSSR count). The van der Waals surface area contributed by atoms with Crippen LogP contribution in [0.4, 0.5) is 4.79 Å². The fraction of sp³-hybridized carbons (Fsp3) is 0.778. The highest BCUT2D eigenvalue weighted by Gasteiger charge is 2.33. The predicted molar refractivity (Wildman–Crippen MR) is 52.4 cm³/mol. The van der Waals surface area contributed by atoms with E-state index in [0.29, 0.717) is 19.7 Å². The van der Waals surface area contributed by atoms with Crippen LogP contribution >= 0.6 is 0 Å². The minimum atomic E-state index is -0.629. The maximum absolute atomic E-state index is 11.6. The average Bonchev–Trinajstić information content (AvgIpc) is 2.28. The number of morpholine rings is 1. The number of methoxy groups -OCH3 is 1. The summed E-state index contributed by atoms with van der Waals surface area (Å²) in [4.78, 5) is 24.4. The Morgan fingerprint density at radius 3 is 2.93 bits per heavy atom. The Morgan fingerprint density at radius 1 is 1.60 bits per heavy atom. The number of carbonyl (C=O) groups excluding carboxylic acids is 2. The summed E-state index contributed by atoms with van der Waals surface area (Å²) in [7, 11) is 1.30. The summed E-state index contributed by atoms with van der Waals surface area (Å²) in [5, 5.41) is 2.65. The first-order valence-corrected chi connectivity index (χ1v) is 4.90. The molecular weight excluding hydrogens is 200 g/mol. The quantitative estimate of drug-likeness (QED) is 0.637. The highest BCUT2D eigenvalue weighted by atomic mass is 16.5. The third kappa shape index (κ3) is 2.82. The number of nitrogens with one attached hydrogen (secondary N) is 1. The molecule has 0 aromatic carbocycles. The van der Waals surface area contributed by atoms with E-state index in [1.807, 2.05) is 6.92 Å². The predicted octanol–water partition coefficient (Wildman–Crippen LogP) is -0.410. The zero-order chi connectivity index (χ0) is 11.3. The van der Waals surface area contributed by atoms with Crippen LogP contribution in [0.25, 0.3) is 0 Å². The number of ether oxygens (including phenoxy) is 2. The molecule has 1 saturated heterocycles. The molecule has 0 aromatic rings. The number of rotatable bonds is 2. The Labute approximate surface area is 88.5 Å². The molecule has 86 valence electrons. The van der Waals surface area contributed by atoms with Gasteiger partial charge < -0.3 is 19.7 Å². The zero-order valence-corrected chi connectivity index (χ0v) is 8.99. The fourth-order valence-corrected chi connectivity index (χ4v) is 1.43. The third-order valence-corrected chi connectivity index (χ3v) is 2.19. The van der Waals surface area contributed by atoms with Gasteiger partial charge in [-0.15, -0.1) is 0 Å². The Bertz CT molecular complexity index is 244. The summed E-state index contributed by atoms with van der Waals surface area (Å²) >= 11 is 0. The average molecular weight is 216 g/mol. The normalized spacial score (nSPS) is 20.9. The van der Waals surface area contributed by atoms with Crippen LogP contribution in [-0.4, -0.2) is 56.4 Å². The highest BCUT2D eigenvalue weighted by Crippen LogP contribution is 2.08. The van der Waals surface area contributed by atoms with Crippen molar-refractivity contribution in [2.75, 3.05) is 33.4 Å². The van der Waals surface area contributed by atoms with Crippen molar-refractivity contribution in [2.24, 2.45) is 0 Å². The molecule has 0 aliphatic carbocycles. The van der Waals surface area contributed by atoms with Crippen molar-refractivity contribution < 1.29 is 19.1 Å². The molecule has 0 saturated carbocycles. The topological polar surface area (TPSA) is 67.9 Å². The lowest BCUT2D eigenvalue weighted by atomic mass is 10.2. The van der Waals surface area contributed by atoms with E-state index < -0.39 is 12.0 Å². The van der Waals surface area contributed by atoms with E-state index in [4.69, 9.17) is 4.74 Å². The van der Waals surface area contributed by atoms with Gasteiger partial charge in [-0.1, -0.05) is 0 Å². The molecule has 1 atom stereocenters. The van der Waals surface area contributed by atoms with E-state index in [9.17, 15) is 9.59 Å². The number of hydrogen-bond donors (Lipinski definition) is 1. The molecule has 6 nitrogen and oxygen atoms in total. The minimum absolute atomic E-state index is 0.198. The number of amides is 2. The van der Waals surface area contributed by atoms with Crippen molar-refractivity contribution in [3.63, 3.8) is 0 Å². The van der Waals surface area contributed by atoms with Gasteiger partial charge in [0, 0.05) is 13.1 Å². The molecule has 1 heterocycles. The molecule has 0 radical (unpaired) electrons. The van der Waals surface area contributed by atoms with Gasteiger partial charge in [-0.05, 0) is 6.92 Å². The van der Waals surface area contributed by atoms with Crippen molar-refractivity contribution in [1.29, 1.82) is 0 Å². The standard InChI is InChI=1S/C9H16N2O4/c1-3-10-9(13)11-4-5-15-6-7(11)8(12)14-2/h7H,3-6H2,1-2H3,(H,10,13). The minimum Gasteiger partial charge on any atom is -0.467 e. The largest absolute Gasteiger partial charge is 0.467 e. The Morgan fingerprint density at radius 2 is 2.33 bits per heavy atom. The van der Waals surface area contributed by atoms with E-state index in [1.54, 1.807) is 0 Å². The molecule has 1 unspecified atom stereocenters. The highest BCUT2D eigenvalue weighted by molar-refractivity contribution is 5.83. The molecule has 1 fully saturated rings. The number of urea groups is 1. The van der Waals surface area contributed by atoms with Crippen molar-refractivity contribution in [2.45, 2.75) is 13.0 Å². The smallest absolute Gasteiger partial charge is 0.331 e. The third-order valence-electron chi connectivity index (χ3n) is 2.19. The van der Waals surface area contributed by atoms with Crippen LogP contribution in [0.3, 0.4) is 0 Å². The number of esters is 1. The van der Waals surface area contributed by atoms with Crippen LogP contribution < -0.4 is 5.32 Å². The van der Waals surface area contributed by atoms with Crippen LogP contribution in [0.5, 0.6) is 0 Å². The van der Waals surface area contributed by atoms with E-state index in [-0.39, 0.29) is 12.6 Å². The lowest BCUT2D eigenvalue weighted by molar-refractivity contribution is -0.151. The molecule has 0 bridgehead atoms. The molecule has 1 aliphatic rings. The second kappa shape index (κ2) is 5.55. The monoisotopic (exact) mass is 216 g/mol. The van der Waals surface area contributed by atoms with Gasteiger partial charge in [-0.25, -0.2) is 9.59 Å². The summed E-state index contributed by atoms with van der Waals surface area (Å²) in [6.07, 6.45) is 0. The molecular formula is C9H16N2O4. The number of carbonyl (C=O) groups is 2. The maximum Gasteiger partial charge on any atom is 0.331 e. The van der Waals surface area contributed by atoms with Crippen LogP contribution in [0.2, 0.25) is 0 Å². The fourth-order valence-electron chi connectivity index (χ4n) is 1.43. The van der Waals surface area contributed by atoms with Gasteiger partial charge >= 0.3 is 12.0 Å². The van der Waals surface area contributed by atoms with E-state index in [0.717, 1.165) is 0 Å². The molecule has 1 N–H and O–H groups in total. The summed E-state index contributed by atoms with van der Waals surface area (Å²) in [5.74, 6) is -0.444. The Hall–Kier alpha value is -1.30. The van der Waals surface area contributed by atoms with Crippen molar-refractivity contribution in [3.05, 3.63) is 0 Å². The van der Waals surface area contributed by atoms with E-state index >= 15 is 0 Å². The van der Waals surface area contributed by atoms with Gasteiger partial charge in [-0.3, -0.25) is 0 Å². The van der Waals surface area contributed by atoms with Crippen molar-refractivity contribution in [1.82, 2.24) is 10.2 Å². The Balaban J connectivity index is 2.65. The second-order valence-corrected chi connectivity index (χ2v) is 3.14. The first kappa shape index (κ1) is 11.8. The van der Waals surface area contributed by atoms with Gasteiger partial charge in [0.2, 0.25) is 0 Å². The Kier molecular flexibility index (Phi) is 4.36. The maximum atomic E-state index is 11.6. The van der Waals surface area contributed by atoms with Gasteiger partial charge in [0.25, 0.3) is 0 Å². The second-order valence-electron chi connectivity index (χ2n) is 3.14. The molecule has 0 aromatic heterocycles. The van der Waals surface area contributed by atoms with Crippen molar-refractivity contribution >= 4 is 12.0 Å².